The molecule has 0 fully saturated rings. The van der Waals surface area contributed by atoms with Crippen molar-refractivity contribution in [1.82, 2.24) is 10.3 Å². The summed E-state index contributed by atoms with van der Waals surface area (Å²) >= 11 is 1.61. The largest absolute Gasteiger partial charge is 0.488 e. The second-order valence-electron chi connectivity index (χ2n) is 7.01. The quantitative estimate of drug-likeness (QED) is 0.405. The van der Waals surface area contributed by atoms with Gasteiger partial charge in [0.2, 0.25) is 0 Å². The van der Waals surface area contributed by atoms with Gasteiger partial charge in [-0.2, -0.15) is 0 Å². The summed E-state index contributed by atoms with van der Waals surface area (Å²) in [6.07, 6.45) is 2.17. The maximum Gasteiger partial charge on any atom is 0.328 e. The molecule has 0 aliphatic heterocycles. The zero-order valence-corrected chi connectivity index (χ0v) is 17.8. The van der Waals surface area contributed by atoms with Crippen molar-refractivity contribution in [3.8, 4) is 5.75 Å². The lowest BCUT2D eigenvalue weighted by atomic mass is 10.0. The Kier molecular flexibility index (Phi) is 6.33. The standard InChI is InChI=1S/C24H22N2O4S/c1-29-24(28)22(13-17-14-25-21-10-3-2-9-20(17)21)26-23(27)16-6-4-7-18(12-16)30-15-19-8-5-11-31-19/h2-12,14,22,25H,13,15H2,1H3,(H,26,27)/t22-/m1/s1. The molecule has 0 unspecified atom stereocenters. The van der Waals surface area contributed by atoms with Crippen LogP contribution in [-0.4, -0.2) is 30.0 Å². The average Bonchev–Trinajstić information content (AvgIpc) is 3.47. The van der Waals surface area contributed by atoms with Crippen molar-refractivity contribution in [3.05, 3.63) is 88.2 Å². The van der Waals surface area contributed by atoms with Gasteiger partial charge in [0, 0.05) is 34.0 Å². The van der Waals surface area contributed by atoms with Gasteiger partial charge in [-0.1, -0.05) is 30.3 Å². The molecule has 2 heterocycles. The van der Waals surface area contributed by atoms with Crippen LogP contribution in [-0.2, 0) is 22.6 Å². The third-order valence-electron chi connectivity index (χ3n) is 4.95. The Bertz CT molecular complexity index is 1180. The van der Waals surface area contributed by atoms with E-state index in [1.54, 1.807) is 35.6 Å². The lowest BCUT2D eigenvalue weighted by Crippen LogP contribution is -2.43. The first-order valence-electron chi connectivity index (χ1n) is 9.83. The Balaban J connectivity index is 1.47. The van der Waals surface area contributed by atoms with E-state index in [0.717, 1.165) is 21.3 Å². The van der Waals surface area contributed by atoms with Gasteiger partial charge in [-0.15, -0.1) is 11.3 Å². The first-order valence-corrected chi connectivity index (χ1v) is 10.7. The van der Waals surface area contributed by atoms with Gasteiger partial charge in [0.15, 0.2) is 0 Å². The summed E-state index contributed by atoms with van der Waals surface area (Å²) in [6.45, 7) is 0.439. The van der Waals surface area contributed by atoms with Crippen LogP contribution in [0.1, 0.15) is 20.8 Å². The number of hydrogen-bond donors (Lipinski definition) is 2. The number of benzene rings is 2. The number of aromatic nitrogens is 1. The second-order valence-corrected chi connectivity index (χ2v) is 8.04. The molecule has 2 aromatic carbocycles. The smallest absolute Gasteiger partial charge is 0.328 e. The van der Waals surface area contributed by atoms with Crippen molar-refractivity contribution in [2.75, 3.05) is 7.11 Å². The summed E-state index contributed by atoms with van der Waals surface area (Å²) in [4.78, 5) is 29.5. The van der Waals surface area contributed by atoms with Crippen LogP contribution in [0.5, 0.6) is 5.75 Å². The third kappa shape index (κ3) is 4.95. The van der Waals surface area contributed by atoms with Gasteiger partial charge in [-0.25, -0.2) is 4.79 Å². The molecule has 0 saturated carbocycles. The van der Waals surface area contributed by atoms with Crippen LogP contribution < -0.4 is 10.1 Å². The number of ether oxygens (including phenoxy) is 2. The molecular weight excluding hydrogens is 412 g/mol. The zero-order chi connectivity index (χ0) is 21.6. The van der Waals surface area contributed by atoms with E-state index in [0.29, 0.717) is 24.3 Å². The van der Waals surface area contributed by atoms with Crippen molar-refractivity contribution in [2.24, 2.45) is 0 Å². The molecule has 158 valence electrons. The van der Waals surface area contributed by atoms with Crippen LogP contribution in [0.3, 0.4) is 0 Å². The van der Waals surface area contributed by atoms with Gasteiger partial charge in [0.05, 0.1) is 7.11 Å². The van der Waals surface area contributed by atoms with Gasteiger partial charge in [-0.05, 0) is 41.3 Å². The third-order valence-corrected chi connectivity index (χ3v) is 5.80. The fourth-order valence-corrected chi connectivity index (χ4v) is 3.99. The summed E-state index contributed by atoms with van der Waals surface area (Å²) in [5.74, 6) is -0.271. The second kappa shape index (κ2) is 9.49. The molecule has 0 bridgehead atoms. The lowest BCUT2D eigenvalue weighted by molar-refractivity contribution is -0.142. The van der Waals surface area contributed by atoms with Crippen molar-refractivity contribution in [1.29, 1.82) is 0 Å². The predicted molar refractivity (Wildman–Crippen MR) is 120 cm³/mol. The summed E-state index contributed by atoms with van der Waals surface area (Å²) in [7, 11) is 1.32. The number of H-pyrrole nitrogens is 1. The van der Waals surface area contributed by atoms with Crippen molar-refractivity contribution in [3.63, 3.8) is 0 Å². The number of fused-ring (bicyclic) bond motifs is 1. The summed E-state index contributed by atoms with van der Waals surface area (Å²) < 4.78 is 10.7. The minimum atomic E-state index is -0.813. The van der Waals surface area contributed by atoms with Crippen LogP contribution in [0.2, 0.25) is 0 Å². The van der Waals surface area contributed by atoms with Gasteiger partial charge in [0.25, 0.3) is 5.91 Å². The van der Waals surface area contributed by atoms with Crippen molar-refractivity contribution < 1.29 is 19.1 Å². The summed E-state index contributed by atoms with van der Waals surface area (Å²) in [6, 6.07) is 17.9. The highest BCUT2D eigenvalue weighted by molar-refractivity contribution is 7.09. The number of carbonyl (C=O) groups is 2. The van der Waals surface area contributed by atoms with Gasteiger partial charge in [-0.3, -0.25) is 4.79 Å². The molecule has 0 spiro atoms. The Morgan fingerprint density at radius 2 is 1.97 bits per heavy atom. The van der Waals surface area contributed by atoms with Crippen LogP contribution in [0.15, 0.2) is 72.2 Å². The number of nitrogens with one attached hydrogen (secondary N) is 2. The number of para-hydroxylation sites is 1. The molecule has 1 amide bonds. The van der Waals surface area contributed by atoms with E-state index < -0.39 is 12.0 Å². The number of aromatic amines is 1. The first-order chi connectivity index (χ1) is 15.1. The number of thiophene rings is 1. The van der Waals surface area contributed by atoms with E-state index in [-0.39, 0.29) is 5.91 Å². The maximum absolute atomic E-state index is 12.9. The van der Waals surface area contributed by atoms with Crippen LogP contribution in [0.25, 0.3) is 10.9 Å². The molecular formula is C24H22N2O4S. The monoisotopic (exact) mass is 434 g/mol. The summed E-state index contributed by atoms with van der Waals surface area (Å²) in [5, 5.41) is 5.80. The number of amides is 1. The molecule has 0 radical (unpaired) electrons. The number of methoxy groups -OCH3 is 1. The number of rotatable bonds is 8. The molecule has 6 nitrogen and oxygen atoms in total. The van der Waals surface area contributed by atoms with E-state index in [1.807, 2.05) is 48.0 Å². The van der Waals surface area contributed by atoms with Crippen LogP contribution in [0.4, 0.5) is 0 Å². The minimum absolute atomic E-state index is 0.316. The maximum atomic E-state index is 12.9. The molecule has 1 atom stereocenters. The topological polar surface area (TPSA) is 80.4 Å². The molecule has 4 rings (SSSR count). The Hall–Kier alpha value is -3.58. The van der Waals surface area contributed by atoms with Crippen LogP contribution >= 0.6 is 11.3 Å². The van der Waals surface area contributed by atoms with Gasteiger partial charge in [0.1, 0.15) is 18.4 Å². The molecule has 2 aromatic heterocycles. The number of carbonyl (C=O) groups excluding carboxylic acids is 2. The van der Waals surface area contributed by atoms with Crippen LogP contribution in [0, 0.1) is 0 Å². The minimum Gasteiger partial charge on any atom is -0.488 e. The molecule has 0 saturated heterocycles. The molecule has 0 aliphatic rings. The van der Waals surface area contributed by atoms with E-state index in [1.165, 1.54) is 7.11 Å². The van der Waals surface area contributed by atoms with E-state index in [9.17, 15) is 9.59 Å². The van der Waals surface area contributed by atoms with E-state index >= 15 is 0 Å². The molecule has 4 aromatic rings. The Labute approximate surface area is 183 Å². The molecule has 2 N–H and O–H groups in total. The molecule has 7 heteroatoms. The fourth-order valence-electron chi connectivity index (χ4n) is 3.37. The predicted octanol–water partition coefficient (Wildman–Crippen LogP) is 4.32. The first kappa shape index (κ1) is 20.7. The average molecular weight is 435 g/mol. The highest BCUT2D eigenvalue weighted by Crippen LogP contribution is 2.20. The number of hydrogen-bond acceptors (Lipinski definition) is 5. The Morgan fingerprint density at radius 1 is 1.10 bits per heavy atom. The van der Waals surface area contributed by atoms with Crippen molar-refractivity contribution in [2.45, 2.75) is 19.1 Å². The Morgan fingerprint density at radius 3 is 2.77 bits per heavy atom. The van der Waals surface area contributed by atoms with E-state index in [4.69, 9.17) is 9.47 Å². The van der Waals surface area contributed by atoms with E-state index in [2.05, 4.69) is 10.3 Å². The SMILES string of the molecule is COC(=O)[C@@H](Cc1c[nH]c2ccccc12)NC(=O)c1cccc(OCc2cccs2)c1. The fraction of sp³-hybridized carbons (Fsp3) is 0.167. The zero-order valence-electron chi connectivity index (χ0n) is 17.0. The van der Waals surface area contributed by atoms with Gasteiger partial charge >= 0.3 is 5.97 Å². The normalized spacial score (nSPS) is 11.8. The van der Waals surface area contributed by atoms with Crippen molar-refractivity contribution >= 4 is 34.1 Å². The summed E-state index contributed by atoms with van der Waals surface area (Å²) in [5.41, 5.74) is 2.32. The highest BCUT2D eigenvalue weighted by atomic mass is 32.1. The lowest BCUT2D eigenvalue weighted by Gasteiger charge is -2.16. The molecule has 0 aliphatic carbocycles. The van der Waals surface area contributed by atoms with Gasteiger partial charge < -0.3 is 19.8 Å². The highest BCUT2D eigenvalue weighted by Gasteiger charge is 2.24. The number of esters is 1. The molecule has 31 heavy (non-hydrogen) atoms.